The Hall–Kier alpha value is -0.0400. The minimum absolute atomic E-state index is 0.535. The molecule has 0 radical (unpaired) electrons. The quantitative estimate of drug-likeness (QED) is 0.571. The summed E-state index contributed by atoms with van der Waals surface area (Å²) in [6, 6.07) is 0.535. The minimum atomic E-state index is 0.535. The lowest BCUT2D eigenvalue weighted by atomic mass is 9.98. The third-order valence-corrected chi connectivity index (χ3v) is 3.40. The summed E-state index contributed by atoms with van der Waals surface area (Å²) in [7, 11) is 0. The second-order valence-corrected chi connectivity index (χ2v) is 4.27. The van der Waals surface area contributed by atoms with Crippen LogP contribution in [-0.4, -0.2) is 6.04 Å². The van der Waals surface area contributed by atoms with Crippen molar-refractivity contribution in [3.05, 3.63) is 0 Å². The van der Waals surface area contributed by atoms with Gasteiger partial charge in [-0.25, -0.2) is 0 Å². The average molecular weight is 155 g/mol. The highest BCUT2D eigenvalue weighted by Crippen LogP contribution is 2.66. The van der Waals surface area contributed by atoms with E-state index in [2.05, 4.69) is 13.8 Å². The monoisotopic (exact) mass is 155 g/mol. The van der Waals surface area contributed by atoms with Gasteiger partial charge >= 0.3 is 0 Å². The maximum atomic E-state index is 5.78. The molecule has 2 aliphatic rings. The predicted molar refractivity (Wildman–Crippen MR) is 49.3 cm³/mol. The molecule has 0 aliphatic heterocycles. The van der Waals surface area contributed by atoms with Gasteiger partial charge in [-0.05, 0) is 30.1 Å². The second kappa shape index (κ2) is 2.78. The summed E-state index contributed by atoms with van der Waals surface area (Å²) in [5, 5.41) is 0. The van der Waals surface area contributed by atoms with E-state index < -0.39 is 0 Å². The molecule has 0 amide bonds. The number of fused-ring (bicyclic) bond motifs is 1. The third kappa shape index (κ3) is 1.31. The summed E-state index contributed by atoms with van der Waals surface area (Å²) in [4.78, 5) is 0. The standard InChI is InChI=1S/C8H15N.C2H6/c1-8(2)6-3-5(9)4-7(6)8;1-2/h5-7H,3-4,9H2,1-2H3;1-2H3. The van der Waals surface area contributed by atoms with Crippen molar-refractivity contribution in [2.24, 2.45) is 23.0 Å². The molecule has 2 fully saturated rings. The van der Waals surface area contributed by atoms with Crippen molar-refractivity contribution in [2.75, 3.05) is 0 Å². The van der Waals surface area contributed by atoms with Gasteiger partial charge in [0.1, 0.15) is 0 Å². The molecular weight excluding hydrogens is 134 g/mol. The molecule has 1 nitrogen and oxygen atoms in total. The number of hydrogen-bond donors (Lipinski definition) is 1. The zero-order valence-electron chi connectivity index (χ0n) is 8.22. The van der Waals surface area contributed by atoms with Crippen molar-refractivity contribution in [1.82, 2.24) is 0 Å². The molecule has 2 aliphatic carbocycles. The molecule has 2 unspecified atom stereocenters. The van der Waals surface area contributed by atoms with Gasteiger partial charge in [0, 0.05) is 6.04 Å². The second-order valence-electron chi connectivity index (χ2n) is 4.27. The largest absolute Gasteiger partial charge is 0.328 e. The van der Waals surface area contributed by atoms with Gasteiger partial charge in [0.15, 0.2) is 0 Å². The Bertz CT molecular complexity index is 126. The van der Waals surface area contributed by atoms with Crippen molar-refractivity contribution >= 4 is 0 Å². The van der Waals surface area contributed by atoms with Crippen LogP contribution in [0.15, 0.2) is 0 Å². The summed E-state index contributed by atoms with van der Waals surface area (Å²) < 4.78 is 0. The highest BCUT2D eigenvalue weighted by atomic mass is 14.8. The SMILES string of the molecule is CC.CC1(C)C2CC(N)CC21. The van der Waals surface area contributed by atoms with Crippen LogP contribution in [0, 0.1) is 17.3 Å². The fourth-order valence-electron chi connectivity index (χ4n) is 2.54. The summed E-state index contributed by atoms with van der Waals surface area (Å²) in [5.74, 6) is 1.96. The van der Waals surface area contributed by atoms with Gasteiger partial charge in [-0.2, -0.15) is 0 Å². The maximum absolute atomic E-state index is 5.78. The van der Waals surface area contributed by atoms with Crippen molar-refractivity contribution in [3.63, 3.8) is 0 Å². The van der Waals surface area contributed by atoms with Gasteiger partial charge in [0.25, 0.3) is 0 Å². The lowest BCUT2D eigenvalue weighted by Crippen LogP contribution is -2.19. The molecule has 1 heteroatoms. The van der Waals surface area contributed by atoms with E-state index in [-0.39, 0.29) is 0 Å². The molecule has 0 bridgehead atoms. The first-order valence-electron chi connectivity index (χ1n) is 4.88. The van der Waals surface area contributed by atoms with Crippen LogP contribution in [-0.2, 0) is 0 Å². The van der Waals surface area contributed by atoms with E-state index in [9.17, 15) is 0 Å². The number of hydrogen-bond acceptors (Lipinski definition) is 1. The topological polar surface area (TPSA) is 26.0 Å². The van der Waals surface area contributed by atoms with Crippen LogP contribution in [0.4, 0.5) is 0 Å². The molecule has 2 rings (SSSR count). The van der Waals surface area contributed by atoms with Crippen molar-refractivity contribution in [3.8, 4) is 0 Å². The van der Waals surface area contributed by atoms with Crippen molar-refractivity contribution in [1.29, 1.82) is 0 Å². The Kier molecular flexibility index (Phi) is 2.29. The van der Waals surface area contributed by atoms with Gasteiger partial charge in [0.05, 0.1) is 0 Å². The smallest absolute Gasteiger partial charge is 0.00447 e. The maximum Gasteiger partial charge on any atom is 0.00447 e. The van der Waals surface area contributed by atoms with Gasteiger partial charge in [-0.3, -0.25) is 0 Å². The molecule has 0 spiro atoms. The molecule has 0 aromatic carbocycles. The lowest BCUT2D eigenvalue weighted by molar-refractivity contribution is 0.432. The Balaban J connectivity index is 0.000000281. The van der Waals surface area contributed by atoms with Crippen LogP contribution in [0.1, 0.15) is 40.5 Å². The predicted octanol–water partition coefficient (Wildman–Crippen LogP) is 2.41. The van der Waals surface area contributed by atoms with Crippen LogP contribution in [0.3, 0.4) is 0 Å². The van der Waals surface area contributed by atoms with Crippen LogP contribution in [0.25, 0.3) is 0 Å². The van der Waals surface area contributed by atoms with Crippen molar-refractivity contribution < 1.29 is 0 Å². The molecule has 0 aromatic rings. The first-order valence-corrected chi connectivity index (χ1v) is 4.88. The number of rotatable bonds is 0. The van der Waals surface area contributed by atoms with Gasteiger partial charge < -0.3 is 5.73 Å². The number of nitrogens with two attached hydrogens (primary N) is 1. The minimum Gasteiger partial charge on any atom is -0.328 e. The van der Waals surface area contributed by atoms with E-state index in [1.165, 1.54) is 12.8 Å². The Morgan fingerprint density at radius 2 is 1.45 bits per heavy atom. The van der Waals surface area contributed by atoms with Crippen LogP contribution < -0.4 is 5.73 Å². The highest BCUT2D eigenvalue weighted by Gasteiger charge is 2.61. The molecule has 11 heavy (non-hydrogen) atoms. The van der Waals surface area contributed by atoms with E-state index in [4.69, 9.17) is 5.73 Å². The van der Waals surface area contributed by atoms with Crippen molar-refractivity contribution in [2.45, 2.75) is 46.6 Å². The molecule has 0 saturated heterocycles. The molecule has 0 aromatic heterocycles. The Morgan fingerprint density at radius 3 is 1.73 bits per heavy atom. The van der Waals surface area contributed by atoms with E-state index >= 15 is 0 Å². The van der Waals surface area contributed by atoms with Crippen LogP contribution >= 0.6 is 0 Å². The lowest BCUT2D eigenvalue weighted by Gasteiger charge is -2.11. The van der Waals surface area contributed by atoms with E-state index in [1.54, 1.807) is 0 Å². The fraction of sp³-hybridized carbons (Fsp3) is 1.00. The van der Waals surface area contributed by atoms with Crippen LogP contribution in [0.5, 0.6) is 0 Å². The highest BCUT2D eigenvalue weighted by molar-refractivity contribution is 5.11. The first kappa shape index (κ1) is 9.05. The van der Waals surface area contributed by atoms with E-state index in [0.29, 0.717) is 11.5 Å². The van der Waals surface area contributed by atoms with Gasteiger partial charge in [0.2, 0.25) is 0 Å². The zero-order chi connectivity index (χ0) is 8.65. The molecule has 2 saturated carbocycles. The molecule has 2 atom stereocenters. The Labute approximate surface area is 70.4 Å². The molecule has 0 heterocycles. The zero-order valence-corrected chi connectivity index (χ0v) is 8.22. The van der Waals surface area contributed by atoms with Crippen LogP contribution in [0.2, 0.25) is 0 Å². The third-order valence-electron chi connectivity index (χ3n) is 3.40. The fourth-order valence-corrected chi connectivity index (χ4v) is 2.54. The summed E-state index contributed by atoms with van der Waals surface area (Å²) in [5.41, 5.74) is 6.44. The Morgan fingerprint density at radius 1 is 1.09 bits per heavy atom. The van der Waals surface area contributed by atoms with Gasteiger partial charge in [-0.15, -0.1) is 0 Å². The molecule has 2 N–H and O–H groups in total. The summed E-state index contributed by atoms with van der Waals surface area (Å²) in [6.07, 6.45) is 2.58. The van der Waals surface area contributed by atoms with E-state index in [1.807, 2.05) is 13.8 Å². The first-order chi connectivity index (χ1) is 5.12. The van der Waals surface area contributed by atoms with E-state index in [0.717, 1.165) is 11.8 Å². The molecule has 66 valence electrons. The molecular formula is C10H21N. The summed E-state index contributed by atoms with van der Waals surface area (Å²) >= 11 is 0. The van der Waals surface area contributed by atoms with Gasteiger partial charge in [-0.1, -0.05) is 27.7 Å². The average Bonchev–Trinajstić information content (AvgIpc) is 2.34. The normalized spacial score (nSPS) is 43.9. The summed E-state index contributed by atoms with van der Waals surface area (Å²) in [6.45, 7) is 8.74.